The Hall–Kier alpha value is -3.67. The highest BCUT2D eigenvalue weighted by molar-refractivity contribution is 5.76. The maximum atomic E-state index is 13.1. The van der Waals surface area contributed by atoms with Crippen molar-refractivity contribution in [3.63, 3.8) is 0 Å². The average Bonchev–Trinajstić information content (AvgIpc) is 3.46. The molecule has 456 valence electrons. The summed E-state index contributed by atoms with van der Waals surface area (Å²) in [7, 11) is 0. The number of carbonyl (C=O) groups excluding carboxylic acids is 1. The molecule has 0 spiro atoms. The van der Waals surface area contributed by atoms with Gasteiger partial charge in [-0.25, -0.2) is 0 Å². The molecule has 1 rings (SSSR count). The van der Waals surface area contributed by atoms with Crippen LogP contribution >= 0.6 is 0 Å². The molecule has 1 fully saturated rings. The van der Waals surface area contributed by atoms with Gasteiger partial charge in [0, 0.05) is 6.42 Å². The lowest BCUT2D eigenvalue weighted by Crippen LogP contribution is -2.60. The summed E-state index contributed by atoms with van der Waals surface area (Å²) < 4.78 is 11.3. The largest absolute Gasteiger partial charge is 0.394 e. The Labute approximate surface area is 490 Å². The van der Waals surface area contributed by atoms with Gasteiger partial charge in [-0.2, -0.15) is 0 Å². The predicted molar refractivity (Wildman–Crippen MR) is 340 cm³/mol. The van der Waals surface area contributed by atoms with Gasteiger partial charge in [0.25, 0.3) is 0 Å². The van der Waals surface area contributed by atoms with Crippen LogP contribution in [-0.2, 0) is 14.3 Å². The first kappa shape index (κ1) is 74.3. The second-order valence-electron chi connectivity index (χ2n) is 21.8. The molecule has 0 aromatic carbocycles. The molecule has 1 amide bonds. The second-order valence-corrected chi connectivity index (χ2v) is 21.8. The van der Waals surface area contributed by atoms with E-state index in [1.807, 2.05) is 6.08 Å². The van der Waals surface area contributed by atoms with Gasteiger partial charge in [0.15, 0.2) is 6.29 Å². The van der Waals surface area contributed by atoms with E-state index in [4.69, 9.17) is 9.47 Å². The molecule has 0 aliphatic carbocycles. The standard InChI is InChI=1S/C71H119NO8/c1-3-5-7-9-11-13-15-17-19-21-23-25-27-29-30-31-32-33-34-35-36-37-39-41-43-45-47-49-51-53-55-57-59-61-67(75)72-64(63-79-71-70(78)69(77)68(76)66(62-73)80-71)65(74)60-58-56-54-52-50-48-46-44-42-40-38-28-26-24-22-20-18-16-14-12-10-8-6-4-2/h5,7,11,13,17,19,23,25,29-30,32-33,35-36,39,41,45,47,50,52,58,60,64-66,68-71,73-74,76-78H,3-4,6,8-10,12,14-16,18,20-22,24,26-28,31,34,37-38,40,42-44,46,48-49,51,53-57,59,61-63H2,1-2H3,(H,72,75)/b7-5-,13-11-,19-17-,25-23-,30-29-,33-32-,36-35-,41-39-,47-45-,52-50+,60-58+. The van der Waals surface area contributed by atoms with Crippen molar-refractivity contribution in [1.82, 2.24) is 5.32 Å². The summed E-state index contributed by atoms with van der Waals surface area (Å²) in [6.45, 7) is 3.65. The van der Waals surface area contributed by atoms with Crippen LogP contribution in [0.15, 0.2) is 134 Å². The third-order valence-electron chi connectivity index (χ3n) is 14.5. The van der Waals surface area contributed by atoms with Gasteiger partial charge in [0.2, 0.25) is 5.91 Å². The molecule has 1 heterocycles. The molecule has 1 saturated heterocycles. The van der Waals surface area contributed by atoms with E-state index in [-0.39, 0.29) is 12.5 Å². The normalized spacial score (nSPS) is 19.4. The van der Waals surface area contributed by atoms with E-state index in [1.165, 1.54) is 116 Å². The number of nitrogens with one attached hydrogen (secondary N) is 1. The molecule has 80 heavy (non-hydrogen) atoms. The molecule has 0 bridgehead atoms. The molecule has 0 saturated carbocycles. The monoisotopic (exact) mass is 1110 g/mol. The van der Waals surface area contributed by atoms with Gasteiger partial charge in [0.05, 0.1) is 25.4 Å². The lowest BCUT2D eigenvalue weighted by Gasteiger charge is -2.40. The van der Waals surface area contributed by atoms with Gasteiger partial charge in [-0.1, -0.05) is 276 Å². The molecule has 7 atom stereocenters. The number of aliphatic hydroxyl groups is 5. The molecule has 6 N–H and O–H groups in total. The van der Waals surface area contributed by atoms with Gasteiger partial charge >= 0.3 is 0 Å². The second kappa shape index (κ2) is 58.5. The van der Waals surface area contributed by atoms with E-state index in [9.17, 15) is 30.3 Å². The van der Waals surface area contributed by atoms with Gasteiger partial charge < -0.3 is 40.3 Å². The Morgan fingerprint density at radius 1 is 0.438 bits per heavy atom. The summed E-state index contributed by atoms with van der Waals surface area (Å²) in [6, 6.07) is -0.844. The number of ether oxygens (including phenoxy) is 2. The van der Waals surface area contributed by atoms with E-state index in [2.05, 4.69) is 141 Å². The highest BCUT2D eigenvalue weighted by Crippen LogP contribution is 2.23. The smallest absolute Gasteiger partial charge is 0.220 e. The van der Waals surface area contributed by atoms with Crippen molar-refractivity contribution in [2.24, 2.45) is 0 Å². The van der Waals surface area contributed by atoms with Crippen molar-refractivity contribution in [1.29, 1.82) is 0 Å². The fraction of sp³-hybridized carbons (Fsp3) is 0.676. The minimum absolute atomic E-state index is 0.210. The highest BCUT2D eigenvalue weighted by atomic mass is 16.7. The lowest BCUT2D eigenvalue weighted by molar-refractivity contribution is -0.302. The number of carbonyl (C=O) groups is 1. The van der Waals surface area contributed by atoms with Crippen molar-refractivity contribution in [2.45, 2.75) is 294 Å². The maximum absolute atomic E-state index is 13.1. The molecule has 9 heteroatoms. The first-order chi connectivity index (χ1) is 39.3. The van der Waals surface area contributed by atoms with E-state index in [1.54, 1.807) is 6.08 Å². The van der Waals surface area contributed by atoms with Crippen LogP contribution in [0, 0.1) is 0 Å². The SMILES string of the molecule is CC/C=C\C/C=C\C/C=C\C/C=C\C/C=C\C/C=C\C/C=C\C/C=C\C/C=C\CCCCCCCC(=O)NC(COC1OC(CO)C(O)C(O)C1O)C(O)/C=C/CC/C=C/CCCCCCCCCCCCCCCCCCCC. The fourth-order valence-corrected chi connectivity index (χ4v) is 9.40. The number of hydrogen-bond acceptors (Lipinski definition) is 8. The number of aliphatic hydroxyl groups excluding tert-OH is 5. The van der Waals surface area contributed by atoms with Crippen LogP contribution in [0.2, 0.25) is 0 Å². The average molecular weight is 1110 g/mol. The van der Waals surface area contributed by atoms with Gasteiger partial charge in [-0.05, 0) is 103 Å². The molecule has 1 aliphatic heterocycles. The summed E-state index contributed by atoms with van der Waals surface area (Å²) in [6.07, 6.45) is 82.4. The fourth-order valence-electron chi connectivity index (χ4n) is 9.40. The minimum Gasteiger partial charge on any atom is -0.394 e. The Balaban J connectivity index is 2.25. The van der Waals surface area contributed by atoms with Gasteiger partial charge in [0.1, 0.15) is 24.4 Å². The first-order valence-corrected chi connectivity index (χ1v) is 32.4. The Morgan fingerprint density at radius 2 is 0.787 bits per heavy atom. The van der Waals surface area contributed by atoms with Crippen molar-refractivity contribution >= 4 is 5.91 Å². The Bertz CT molecular complexity index is 1720. The molecular formula is C71H119NO8. The van der Waals surface area contributed by atoms with Crippen LogP contribution in [0.4, 0.5) is 0 Å². The molecule has 1 aliphatic rings. The van der Waals surface area contributed by atoms with Crippen LogP contribution in [0.3, 0.4) is 0 Å². The predicted octanol–water partition coefficient (Wildman–Crippen LogP) is 17.2. The zero-order valence-corrected chi connectivity index (χ0v) is 50.8. The van der Waals surface area contributed by atoms with Crippen LogP contribution in [0.1, 0.15) is 251 Å². The Morgan fingerprint density at radius 3 is 1.20 bits per heavy atom. The van der Waals surface area contributed by atoms with Gasteiger partial charge in [-0.3, -0.25) is 4.79 Å². The summed E-state index contributed by atoms with van der Waals surface area (Å²) in [5.74, 6) is -0.210. The van der Waals surface area contributed by atoms with E-state index in [0.717, 1.165) is 116 Å². The van der Waals surface area contributed by atoms with Crippen LogP contribution in [-0.4, -0.2) is 87.5 Å². The van der Waals surface area contributed by atoms with Crippen LogP contribution < -0.4 is 5.32 Å². The first-order valence-electron chi connectivity index (χ1n) is 32.4. The van der Waals surface area contributed by atoms with E-state index in [0.29, 0.717) is 6.42 Å². The van der Waals surface area contributed by atoms with Crippen molar-refractivity contribution in [2.75, 3.05) is 13.2 Å². The van der Waals surface area contributed by atoms with E-state index < -0.39 is 49.5 Å². The molecule has 0 aromatic rings. The van der Waals surface area contributed by atoms with Crippen LogP contribution in [0.5, 0.6) is 0 Å². The van der Waals surface area contributed by atoms with Crippen molar-refractivity contribution in [3.05, 3.63) is 134 Å². The lowest BCUT2D eigenvalue weighted by atomic mass is 9.99. The quantitative estimate of drug-likeness (QED) is 0.0261. The summed E-state index contributed by atoms with van der Waals surface area (Å²) >= 11 is 0. The van der Waals surface area contributed by atoms with Crippen molar-refractivity contribution < 1.29 is 39.8 Å². The topological polar surface area (TPSA) is 149 Å². The molecule has 0 radical (unpaired) electrons. The summed E-state index contributed by atoms with van der Waals surface area (Å²) in [4.78, 5) is 13.1. The third kappa shape index (κ3) is 46.9. The van der Waals surface area contributed by atoms with E-state index >= 15 is 0 Å². The minimum atomic E-state index is -1.59. The summed E-state index contributed by atoms with van der Waals surface area (Å²) in [5.41, 5.74) is 0. The molecule has 0 aromatic heterocycles. The Kier molecular flexibility index (Phi) is 54.4. The molecular weight excluding hydrogens is 995 g/mol. The van der Waals surface area contributed by atoms with Gasteiger partial charge in [-0.15, -0.1) is 0 Å². The number of allylic oxidation sites excluding steroid dienone is 21. The zero-order chi connectivity index (χ0) is 57.9. The summed E-state index contributed by atoms with van der Waals surface area (Å²) in [5, 5.41) is 54.6. The third-order valence-corrected chi connectivity index (χ3v) is 14.5. The number of unbranched alkanes of at least 4 members (excludes halogenated alkanes) is 24. The number of amides is 1. The van der Waals surface area contributed by atoms with Crippen molar-refractivity contribution in [3.8, 4) is 0 Å². The maximum Gasteiger partial charge on any atom is 0.220 e. The molecule has 7 unspecified atom stereocenters. The zero-order valence-electron chi connectivity index (χ0n) is 50.8. The molecule has 9 nitrogen and oxygen atoms in total. The highest BCUT2D eigenvalue weighted by Gasteiger charge is 2.44. The van der Waals surface area contributed by atoms with Crippen LogP contribution in [0.25, 0.3) is 0 Å². The number of hydrogen-bond donors (Lipinski definition) is 6. The number of rotatable bonds is 54.